The highest BCUT2D eigenvalue weighted by Gasteiger charge is 2.26. The van der Waals surface area contributed by atoms with E-state index in [2.05, 4.69) is 86.8 Å². The maximum Gasteiger partial charge on any atom is 0.472 e. The number of ether oxygens (including phenoxy) is 2. The summed E-state index contributed by atoms with van der Waals surface area (Å²) < 4.78 is 35.2. The summed E-state index contributed by atoms with van der Waals surface area (Å²) in [6, 6.07) is 0. The first kappa shape index (κ1) is 65.9. The zero-order valence-corrected chi connectivity index (χ0v) is 46.0. The van der Waals surface area contributed by atoms with Gasteiger partial charge in [-0.25, -0.2) is 4.57 Å². The van der Waals surface area contributed by atoms with E-state index in [1.54, 1.807) is 0 Å². The number of unbranched alkanes of at least 4 members (excludes halogenated alkanes) is 26. The smallest absolute Gasteiger partial charge is 0.457 e. The number of phosphoric acid groups is 1. The lowest BCUT2D eigenvalue weighted by molar-refractivity contribution is -0.870. The molecule has 0 aliphatic carbocycles. The van der Waals surface area contributed by atoms with Crippen LogP contribution in [0.1, 0.15) is 239 Å². The number of allylic oxidation sites excluding steroid dienone is 12. The van der Waals surface area contributed by atoms with Gasteiger partial charge in [0.25, 0.3) is 0 Å². The molecule has 0 amide bonds. The van der Waals surface area contributed by atoms with Crippen molar-refractivity contribution in [3.63, 3.8) is 0 Å². The van der Waals surface area contributed by atoms with E-state index in [0.29, 0.717) is 24.1 Å². The molecule has 68 heavy (non-hydrogen) atoms. The van der Waals surface area contributed by atoms with Gasteiger partial charge < -0.3 is 18.9 Å². The van der Waals surface area contributed by atoms with Crippen LogP contribution in [0, 0.1) is 0 Å². The van der Waals surface area contributed by atoms with E-state index in [9.17, 15) is 14.3 Å². The van der Waals surface area contributed by atoms with Crippen LogP contribution in [-0.4, -0.2) is 75.6 Å². The van der Waals surface area contributed by atoms with Gasteiger partial charge in [0.2, 0.25) is 0 Å². The summed E-state index contributed by atoms with van der Waals surface area (Å²) >= 11 is 0. The van der Waals surface area contributed by atoms with Crippen LogP contribution in [0.15, 0.2) is 72.9 Å². The lowest BCUT2D eigenvalue weighted by Gasteiger charge is -2.24. The quantitative estimate of drug-likeness (QED) is 0.0213. The molecule has 9 heteroatoms. The van der Waals surface area contributed by atoms with Gasteiger partial charge in [0.05, 0.1) is 34.4 Å². The summed E-state index contributed by atoms with van der Waals surface area (Å²) in [5.74, 6) is -0.323. The number of likely N-dealkylation sites (N-methyl/N-ethyl adjacent to an activating group) is 1. The molecular formula is C59H109NO7P+. The van der Waals surface area contributed by atoms with Crippen LogP contribution >= 0.6 is 7.82 Å². The van der Waals surface area contributed by atoms with E-state index in [4.69, 9.17) is 18.5 Å². The van der Waals surface area contributed by atoms with E-state index in [1.807, 2.05) is 21.1 Å². The van der Waals surface area contributed by atoms with Gasteiger partial charge in [-0.2, -0.15) is 0 Å². The molecular weight excluding hydrogens is 866 g/mol. The number of rotatable bonds is 52. The molecule has 0 aliphatic heterocycles. The minimum Gasteiger partial charge on any atom is -0.457 e. The number of hydrogen-bond acceptors (Lipinski definition) is 6. The molecule has 0 radical (unpaired) electrons. The van der Waals surface area contributed by atoms with Crippen LogP contribution in [0.5, 0.6) is 0 Å². The summed E-state index contributed by atoms with van der Waals surface area (Å²) in [6.45, 7) is 5.45. The summed E-state index contributed by atoms with van der Waals surface area (Å²) in [6.07, 6.45) is 68.3. The third-order valence-electron chi connectivity index (χ3n) is 12.0. The van der Waals surface area contributed by atoms with Crippen molar-refractivity contribution >= 4 is 13.8 Å². The van der Waals surface area contributed by atoms with Crippen molar-refractivity contribution in [2.75, 3.05) is 54.1 Å². The van der Waals surface area contributed by atoms with E-state index in [-0.39, 0.29) is 25.8 Å². The molecule has 0 aromatic heterocycles. The second-order valence-electron chi connectivity index (χ2n) is 19.9. The number of esters is 1. The Balaban J connectivity index is 4.14. The largest absolute Gasteiger partial charge is 0.472 e. The van der Waals surface area contributed by atoms with Crippen LogP contribution in [-0.2, 0) is 27.9 Å². The van der Waals surface area contributed by atoms with Crippen LogP contribution in [0.3, 0.4) is 0 Å². The highest BCUT2D eigenvalue weighted by atomic mass is 31.2. The van der Waals surface area contributed by atoms with Crippen molar-refractivity contribution in [1.29, 1.82) is 0 Å². The van der Waals surface area contributed by atoms with Crippen molar-refractivity contribution in [3.8, 4) is 0 Å². The number of carbonyl (C=O) groups is 1. The highest BCUT2D eigenvalue weighted by Crippen LogP contribution is 2.43. The van der Waals surface area contributed by atoms with Gasteiger partial charge in [-0.05, 0) is 64.2 Å². The average Bonchev–Trinajstić information content (AvgIpc) is 3.30. The third-order valence-corrected chi connectivity index (χ3v) is 13.0. The van der Waals surface area contributed by atoms with Crippen LogP contribution in [0.4, 0.5) is 0 Å². The second kappa shape index (κ2) is 51.3. The molecule has 1 N–H and O–H groups in total. The Morgan fingerprint density at radius 3 is 1.26 bits per heavy atom. The minimum atomic E-state index is -4.30. The van der Waals surface area contributed by atoms with Gasteiger partial charge in [-0.1, -0.05) is 241 Å². The lowest BCUT2D eigenvalue weighted by Crippen LogP contribution is -2.37. The van der Waals surface area contributed by atoms with E-state index >= 15 is 0 Å². The average molecular weight is 975 g/mol. The Bertz CT molecular complexity index is 1320. The molecule has 0 rings (SSSR count). The van der Waals surface area contributed by atoms with Gasteiger partial charge in [-0.3, -0.25) is 13.8 Å². The Hall–Kier alpha value is -2.06. The molecule has 0 saturated heterocycles. The molecule has 0 bridgehead atoms. The summed E-state index contributed by atoms with van der Waals surface area (Å²) in [5, 5.41) is 0. The normalized spacial score (nSPS) is 14.0. The Morgan fingerprint density at radius 2 is 0.853 bits per heavy atom. The third kappa shape index (κ3) is 54.9. The molecule has 0 fully saturated rings. The standard InChI is InChI=1S/C59H108NO7P/c1-6-8-10-12-14-16-18-20-22-24-26-28-30-31-32-34-36-38-40-42-44-46-48-50-52-59(61)67-58(57-66-68(62,63)65-55-53-60(3,4)5)56-64-54-51-49-47-45-43-41-39-37-35-33-29-27-25-23-21-19-17-15-13-11-9-7-2/h9,11,15,17,21,23,27,29,35,37,41,43,58H,6-8,10,12-14,16,18-20,22,24-26,28,30-34,36,38-40,42,44-57H2,1-5H3/p+1/b11-9-,17-15-,23-21-,29-27-,37-35-,43-41-. The Labute approximate surface area is 421 Å². The molecule has 0 aliphatic rings. The minimum absolute atomic E-state index is 0.0797. The maximum atomic E-state index is 12.8. The topological polar surface area (TPSA) is 91.3 Å². The zero-order chi connectivity index (χ0) is 49.8. The monoisotopic (exact) mass is 975 g/mol. The van der Waals surface area contributed by atoms with E-state index in [0.717, 1.165) is 83.5 Å². The predicted molar refractivity (Wildman–Crippen MR) is 293 cm³/mol. The van der Waals surface area contributed by atoms with Crippen molar-refractivity contribution in [3.05, 3.63) is 72.9 Å². The summed E-state index contributed by atoms with van der Waals surface area (Å²) in [5.41, 5.74) is 0. The molecule has 0 aromatic carbocycles. The molecule has 0 aromatic rings. The fraction of sp³-hybridized carbons (Fsp3) is 0.780. The molecule has 2 atom stereocenters. The van der Waals surface area contributed by atoms with Crippen molar-refractivity contribution < 1.29 is 37.3 Å². The van der Waals surface area contributed by atoms with Gasteiger partial charge in [-0.15, -0.1) is 0 Å². The lowest BCUT2D eigenvalue weighted by atomic mass is 10.0. The first-order valence-electron chi connectivity index (χ1n) is 28.2. The fourth-order valence-corrected chi connectivity index (χ4v) is 8.48. The SMILES string of the molecule is CC/C=C\C/C=C\C/C=C\C/C=C\C/C=C\C/C=C\CCCCCOCC(COP(=O)(O)OCC[N+](C)(C)C)OC(=O)CCCCCCCCCCCCCCCCCCCCCCCCCC. The highest BCUT2D eigenvalue weighted by molar-refractivity contribution is 7.47. The van der Waals surface area contributed by atoms with Gasteiger partial charge >= 0.3 is 13.8 Å². The summed E-state index contributed by atoms with van der Waals surface area (Å²) in [4.78, 5) is 23.1. The molecule has 396 valence electrons. The van der Waals surface area contributed by atoms with Gasteiger partial charge in [0.15, 0.2) is 0 Å². The van der Waals surface area contributed by atoms with Crippen LogP contribution in [0.2, 0.25) is 0 Å². The number of carbonyl (C=O) groups excluding carboxylic acids is 1. The zero-order valence-electron chi connectivity index (χ0n) is 45.1. The van der Waals surface area contributed by atoms with E-state index in [1.165, 1.54) is 135 Å². The number of quaternary nitrogens is 1. The molecule has 0 saturated carbocycles. The predicted octanol–water partition coefficient (Wildman–Crippen LogP) is 17.8. The van der Waals surface area contributed by atoms with Crippen LogP contribution in [0.25, 0.3) is 0 Å². The molecule has 8 nitrogen and oxygen atoms in total. The fourth-order valence-electron chi connectivity index (χ4n) is 7.73. The Morgan fingerprint density at radius 1 is 0.471 bits per heavy atom. The number of phosphoric ester groups is 1. The van der Waals surface area contributed by atoms with Crippen molar-refractivity contribution in [2.45, 2.75) is 245 Å². The van der Waals surface area contributed by atoms with Gasteiger partial charge in [0, 0.05) is 13.0 Å². The number of hydrogen-bond donors (Lipinski definition) is 1. The molecule has 2 unspecified atom stereocenters. The van der Waals surface area contributed by atoms with Gasteiger partial charge in [0.1, 0.15) is 19.3 Å². The van der Waals surface area contributed by atoms with E-state index < -0.39 is 13.9 Å². The maximum absolute atomic E-state index is 12.8. The first-order chi connectivity index (χ1) is 33.1. The molecule has 0 heterocycles. The Kier molecular flexibility index (Phi) is 49.7. The summed E-state index contributed by atoms with van der Waals surface area (Å²) in [7, 11) is 1.64. The molecule has 0 spiro atoms. The second-order valence-corrected chi connectivity index (χ2v) is 21.4. The first-order valence-corrected chi connectivity index (χ1v) is 29.7. The number of nitrogens with zero attached hydrogens (tertiary/aromatic N) is 1. The van der Waals surface area contributed by atoms with Crippen molar-refractivity contribution in [1.82, 2.24) is 0 Å². The van der Waals surface area contributed by atoms with Crippen LogP contribution < -0.4 is 0 Å². The van der Waals surface area contributed by atoms with Crippen molar-refractivity contribution in [2.24, 2.45) is 0 Å².